The Hall–Kier alpha value is -2.40. The molecule has 4 nitrogen and oxygen atoms in total. The van der Waals surface area contributed by atoms with Crippen LogP contribution in [-0.4, -0.2) is 26.0 Å². The highest BCUT2D eigenvalue weighted by Gasteiger charge is 2.25. The highest BCUT2D eigenvalue weighted by Crippen LogP contribution is 2.24. The summed E-state index contributed by atoms with van der Waals surface area (Å²) in [5.41, 5.74) is 3.05. The molecule has 2 aromatic rings. The Kier molecular flexibility index (Phi) is 4.30. The number of nitrogens with zero attached hydrogens (tertiary/aromatic N) is 2. The first-order valence-corrected chi connectivity index (χ1v) is 7.89. The van der Waals surface area contributed by atoms with Gasteiger partial charge in [0.1, 0.15) is 0 Å². The van der Waals surface area contributed by atoms with Crippen LogP contribution in [0.15, 0.2) is 63.7 Å². The molecule has 23 heavy (non-hydrogen) atoms. The van der Waals surface area contributed by atoms with Gasteiger partial charge in [-0.2, -0.15) is 0 Å². The molecule has 3 rings (SSSR count). The van der Waals surface area contributed by atoms with Gasteiger partial charge in [-0.05, 0) is 51.8 Å². The number of ether oxygens (including phenoxy) is 1. The highest BCUT2D eigenvalue weighted by atomic mass is 79.9. The summed E-state index contributed by atoms with van der Waals surface area (Å²) >= 11 is 3.44. The van der Waals surface area contributed by atoms with E-state index in [1.165, 1.54) is 0 Å². The Morgan fingerprint density at radius 2 is 1.78 bits per heavy atom. The molecule has 0 radical (unpaired) electrons. The predicted octanol–water partition coefficient (Wildman–Crippen LogP) is 3.86. The van der Waals surface area contributed by atoms with E-state index < -0.39 is 5.97 Å². The van der Waals surface area contributed by atoms with E-state index in [1.54, 1.807) is 6.08 Å². The van der Waals surface area contributed by atoms with Crippen LogP contribution >= 0.6 is 15.9 Å². The third-order valence-electron chi connectivity index (χ3n) is 3.44. The van der Waals surface area contributed by atoms with Crippen LogP contribution < -0.4 is 4.90 Å². The molecule has 0 N–H and O–H groups in total. The van der Waals surface area contributed by atoms with Crippen molar-refractivity contribution in [1.29, 1.82) is 0 Å². The minimum Gasteiger partial charge on any atom is -0.402 e. The van der Waals surface area contributed by atoms with Crippen molar-refractivity contribution >= 4 is 39.6 Å². The van der Waals surface area contributed by atoms with E-state index in [-0.39, 0.29) is 0 Å². The number of benzene rings is 2. The summed E-state index contributed by atoms with van der Waals surface area (Å²) in [4.78, 5) is 18.4. The highest BCUT2D eigenvalue weighted by molar-refractivity contribution is 9.10. The lowest BCUT2D eigenvalue weighted by atomic mass is 10.1. The second-order valence-electron chi connectivity index (χ2n) is 5.30. The Morgan fingerprint density at radius 1 is 1.09 bits per heavy atom. The van der Waals surface area contributed by atoms with Crippen LogP contribution in [0, 0.1) is 0 Å². The Balaban J connectivity index is 1.90. The lowest BCUT2D eigenvalue weighted by Crippen LogP contribution is -2.08. The maximum absolute atomic E-state index is 12.0. The molecule has 0 aliphatic carbocycles. The van der Waals surface area contributed by atoms with Crippen LogP contribution in [-0.2, 0) is 9.53 Å². The van der Waals surface area contributed by atoms with Crippen LogP contribution in [0.1, 0.15) is 11.1 Å². The molecule has 0 saturated carbocycles. The van der Waals surface area contributed by atoms with Gasteiger partial charge in [0.05, 0.1) is 5.56 Å². The topological polar surface area (TPSA) is 41.9 Å². The van der Waals surface area contributed by atoms with E-state index >= 15 is 0 Å². The summed E-state index contributed by atoms with van der Waals surface area (Å²) in [5.74, 6) is -0.119. The molecule has 0 fully saturated rings. The minimum atomic E-state index is -0.438. The lowest BCUT2D eigenvalue weighted by molar-refractivity contribution is -0.129. The molecule has 1 heterocycles. The van der Waals surface area contributed by atoms with E-state index in [0.29, 0.717) is 11.6 Å². The molecule has 0 amide bonds. The third kappa shape index (κ3) is 3.35. The number of anilines is 1. The summed E-state index contributed by atoms with van der Waals surface area (Å²) in [6.45, 7) is 0. The van der Waals surface area contributed by atoms with Crippen molar-refractivity contribution in [1.82, 2.24) is 0 Å². The second kappa shape index (κ2) is 6.38. The van der Waals surface area contributed by atoms with Crippen LogP contribution in [0.4, 0.5) is 5.69 Å². The molecule has 0 aromatic heterocycles. The van der Waals surface area contributed by atoms with Crippen LogP contribution in [0.25, 0.3) is 6.08 Å². The van der Waals surface area contributed by atoms with Crippen molar-refractivity contribution < 1.29 is 9.53 Å². The molecule has 0 atom stereocenters. The molecule has 5 heteroatoms. The first-order valence-electron chi connectivity index (χ1n) is 7.09. The van der Waals surface area contributed by atoms with Gasteiger partial charge in [0, 0.05) is 24.3 Å². The van der Waals surface area contributed by atoms with E-state index in [9.17, 15) is 4.79 Å². The zero-order chi connectivity index (χ0) is 16.4. The fraction of sp³-hybridized carbons (Fsp3) is 0.111. The summed E-state index contributed by atoms with van der Waals surface area (Å²) in [7, 11) is 3.96. The molecule has 0 unspecified atom stereocenters. The van der Waals surface area contributed by atoms with Crippen LogP contribution in [0.5, 0.6) is 0 Å². The molecular formula is C18H15BrN2O2. The number of aliphatic imine (C=N–C) groups is 1. The van der Waals surface area contributed by atoms with Gasteiger partial charge >= 0.3 is 5.97 Å². The molecule has 1 aliphatic rings. The van der Waals surface area contributed by atoms with Gasteiger partial charge in [-0.25, -0.2) is 9.79 Å². The number of esters is 1. The predicted molar refractivity (Wildman–Crippen MR) is 95.5 cm³/mol. The van der Waals surface area contributed by atoms with Gasteiger partial charge in [0.25, 0.3) is 0 Å². The van der Waals surface area contributed by atoms with Crippen molar-refractivity contribution in [2.75, 3.05) is 19.0 Å². The maximum Gasteiger partial charge on any atom is 0.363 e. The number of carbonyl (C=O) groups excluding carboxylic acids is 1. The molecule has 0 bridgehead atoms. The molecule has 0 spiro atoms. The summed E-state index contributed by atoms with van der Waals surface area (Å²) < 4.78 is 6.12. The first-order chi connectivity index (χ1) is 11.0. The van der Waals surface area contributed by atoms with Crippen molar-refractivity contribution in [2.45, 2.75) is 0 Å². The van der Waals surface area contributed by atoms with Crippen molar-refractivity contribution in [3.63, 3.8) is 0 Å². The first kappa shape index (κ1) is 15.5. The molecule has 2 aromatic carbocycles. The van der Waals surface area contributed by atoms with E-state index in [1.807, 2.05) is 67.5 Å². The monoisotopic (exact) mass is 370 g/mol. The Morgan fingerprint density at radius 3 is 2.43 bits per heavy atom. The summed E-state index contributed by atoms with van der Waals surface area (Å²) in [5, 5.41) is 0. The Bertz CT molecular complexity index is 808. The number of carbonyl (C=O) groups is 1. The number of cyclic esters (lactones) is 1. The zero-order valence-electron chi connectivity index (χ0n) is 12.8. The summed E-state index contributed by atoms with van der Waals surface area (Å²) in [6.07, 6.45) is 1.73. The van der Waals surface area contributed by atoms with E-state index in [2.05, 4.69) is 20.9 Å². The molecule has 1 aliphatic heterocycles. The second-order valence-corrected chi connectivity index (χ2v) is 6.16. The maximum atomic E-state index is 12.0. The number of hydrogen-bond acceptors (Lipinski definition) is 4. The van der Waals surface area contributed by atoms with Gasteiger partial charge in [-0.1, -0.05) is 24.3 Å². The van der Waals surface area contributed by atoms with E-state index in [0.717, 1.165) is 21.3 Å². The van der Waals surface area contributed by atoms with Gasteiger partial charge in [0.2, 0.25) is 5.90 Å². The average Bonchev–Trinajstić information content (AvgIpc) is 2.89. The number of halogens is 1. The van der Waals surface area contributed by atoms with Crippen molar-refractivity contribution in [3.8, 4) is 0 Å². The summed E-state index contributed by atoms with van der Waals surface area (Å²) in [6, 6.07) is 15.4. The standard InChI is InChI=1S/C18H15BrN2O2/c1-21(2)13-9-7-12(8-10-13)11-16-18(22)23-17(20-16)14-5-3-4-6-15(14)19/h3-11H,1-2H3/b16-11+. The quantitative estimate of drug-likeness (QED) is 0.608. The van der Waals surface area contributed by atoms with Crippen molar-refractivity contribution in [3.05, 3.63) is 69.8 Å². The molecule has 116 valence electrons. The lowest BCUT2D eigenvalue weighted by Gasteiger charge is -2.11. The number of rotatable bonds is 3. The largest absolute Gasteiger partial charge is 0.402 e. The molecular weight excluding hydrogens is 356 g/mol. The Labute approximate surface area is 143 Å². The van der Waals surface area contributed by atoms with Gasteiger partial charge in [-0.15, -0.1) is 0 Å². The van der Waals surface area contributed by atoms with E-state index in [4.69, 9.17) is 4.74 Å². The normalized spacial score (nSPS) is 15.5. The zero-order valence-corrected chi connectivity index (χ0v) is 14.4. The van der Waals surface area contributed by atoms with Gasteiger partial charge in [0.15, 0.2) is 5.70 Å². The van der Waals surface area contributed by atoms with Gasteiger partial charge < -0.3 is 9.64 Å². The van der Waals surface area contributed by atoms with Crippen LogP contribution in [0.2, 0.25) is 0 Å². The molecule has 0 saturated heterocycles. The average molecular weight is 371 g/mol. The number of hydrogen-bond donors (Lipinski definition) is 0. The van der Waals surface area contributed by atoms with Crippen molar-refractivity contribution in [2.24, 2.45) is 4.99 Å². The third-order valence-corrected chi connectivity index (χ3v) is 4.13. The SMILES string of the molecule is CN(C)c1ccc(/C=C2/N=C(c3ccccc3Br)OC2=O)cc1. The van der Waals surface area contributed by atoms with Gasteiger partial charge in [-0.3, -0.25) is 0 Å². The van der Waals surface area contributed by atoms with Crippen LogP contribution in [0.3, 0.4) is 0 Å². The fourth-order valence-electron chi connectivity index (χ4n) is 2.19. The minimum absolute atomic E-state index is 0.299. The smallest absolute Gasteiger partial charge is 0.363 e. The fourth-order valence-corrected chi connectivity index (χ4v) is 2.64.